The van der Waals surface area contributed by atoms with Gasteiger partial charge in [-0.3, -0.25) is 0 Å². The molecule has 0 amide bonds. The molecule has 1 atom stereocenters. The average Bonchev–Trinajstić information content (AvgIpc) is 2.29. The largest absolute Gasteiger partial charge is 0.372 e. The SMILES string of the molecule is CCNc1ccc(Cl)c(COC(C)C(C)C)n1. The van der Waals surface area contributed by atoms with E-state index in [1.54, 1.807) is 0 Å². The zero-order valence-electron chi connectivity index (χ0n) is 11.0. The molecule has 0 aliphatic rings. The zero-order chi connectivity index (χ0) is 12.8. The van der Waals surface area contributed by atoms with Crippen LogP contribution in [0.3, 0.4) is 0 Å². The monoisotopic (exact) mass is 256 g/mol. The normalized spacial score (nSPS) is 12.8. The van der Waals surface area contributed by atoms with Crippen molar-refractivity contribution in [2.45, 2.75) is 40.4 Å². The molecule has 0 aliphatic heterocycles. The van der Waals surface area contributed by atoms with Gasteiger partial charge in [-0.15, -0.1) is 0 Å². The predicted octanol–water partition coefficient (Wildman–Crippen LogP) is 3.73. The van der Waals surface area contributed by atoms with Gasteiger partial charge in [-0.25, -0.2) is 4.98 Å². The summed E-state index contributed by atoms with van der Waals surface area (Å²) < 4.78 is 5.73. The van der Waals surface area contributed by atoms with E-state index in [1.165, 1.54) is 0 Å². The molecule has 0 bridgehead atoms. The van der Waals surface area contributed by atoms with Crippen molar-refractivity contribution in [2.75, 3.05) is 11.9 Å². The lowest BCUT2D eigenvalue weighted by Crippen LogP contribution is -2.16. The van der Waals surface area contributed by atoms with E-state index in [2.05, 4.69) is 31.1 Å². The maximum atomic E-state index is 6.09. The first-order valence-corrected chi connectivity index (χ1v) is 6.43. The van der Waals surface area contributed by atoms with Crippen LogP contribution in [0.4, 0.5) is 5.82 Å². The van der Waals surface area contributed by atoms with Crippen molar-refractivity contribution in [3.63, 3.8) is 0 Å². The van der Waals surface area contributed by atoms with Crippen LogP contribution in [-0.2, 0) is 11.3 Å². The fourth-order valence-electron chi connectivity index (χ4n) is 1.27. The Morgan fingerprint density at radius 3 is 2.65 bits per heavy atom. The second-order valence-corrected chi connectivity index (χ2v) is 4.82. The van der Waals surface area contributed by atoms with E-state index < -0.39 is 0 Å². The summed E-state index contributed by atoms with van der Waals surface area (Å²) in [6.45, 7) is 9.66. The fourth-order valence-corrected chi connectivity index (χ4v) is 1.43. The Morgan fingerprint density at radius 2 is 2.06 bits per heavy atom. The van der Waals surface area contributed by atoms with E-state index in [1.807, 2.05) is 19.1 Å². The molecule has 1 rings (SSSR count). The topological polar surface area (TPSA) is 34.1 Å². The second kappa shape index (κ2) is 6.82. The molecule has 1 aromatic heterocycles. The molecule has 0 radical (unpaired) electrons. The van der Waals surface area contributed by atoms with Gasteiger partial charge in [0, 0.05) is 6.54 Å². The van der Waals surface area contributed by atoms with Crippen LogP contribution in [0.5, 0.6) is 0 Å². The maximum absolute atomic E-state index is 6.09. The quantitative estimate of drug-likeness (QED) is 0.842. The lowest BCUT2D eigenvalue weighted by Gasteiger charge is -2.17. The Hall–Kier alpha value is -0.800. The molecule has 1 unspecified atom stereocenters. The number of nitrogens with one attached hydrogen (secondary N) is 1. The molecule has 0 saturated carbocycles. The third-order valence-electron chi connectivity index (χ3n) is 2.70. The standard InChI is InChI=1S/C13H21ClN2O/c1-5-15-13-7-6-11(14)12(16-13)8-17-10(4)9(2)3/h6-7,9-10H,5,8H2,1-4H3,(H,15,16). The first kappa shape index (κ1) is 14.3. The van der Waals surface area contributed by atoms with Gasteiger partial charge in [0.05, 0.1) is 23.4 Å². The number of ether oxygens (including phenoxy) is 1. The number of halogens is 1. The van der Waals surface area contributed by atoms with Crippen molar-refractivity contribution < 1.29 is 4.74 Å². The van der Waals surface area contributed by atoms with E-state index in [4.69, 9.17) is 16.3 Å². The Balaban J connectivity index is 2.66. The van der Waals surface area contributed by atoms with Crippen molar-refractivity contribution >= 4 is 17.4 Å². The number of nitrogens with zero attached hydrogens (tertiary/aromatic N) is 1. The molecule has 0 spiro atoms. The van der Waals surface area contributed by atoms with E-state index in [9.17, 15) is 0 Å². The molecule has 0 fully saturated rings. The third-order valence-corrected chi connectivity index (χ3v) is 3.04. The van der Waals surface area contributed by atoms with Crippen molar-refractivity contribution in [1.29, 1.82) is 0 Å². The summed E-state index contributed by atoms with van der Waals surface area (Å²) in [4.78, 5) is 4.43. The molecule has 1 N–H and O–H groups in total. The van der Waals surface area contributed by atoms with Crippen LogP contribution in [0.1, 0.15) is 33.4 Å². The van der Waals surface area contributed by atoms with Crippen molar-refractivity contribution in [3.05, 3.63) is 22.8 Å². The molecule has 1 aromatic rings. The molecule has 3 nitrogen and oxygen atoms in total. The van der Waals surface area contributed by atoms with Crippen LogP contribution in [0.25, 0.3) is 0 Å². The van der Waals surface area contributed by atoms with Crippen LogP contribution >= 0.6 is 11.6 Å². The molecule has 1 heterocycles. The highest BCUT2D eigenvalue weighted by atomic mass is 35.5. The maximum Gasteiger partial charge on any atom is 0.126 e. The van der Waals surface area contributed by atoms with Gasteiger partial charge in [-0.2, -0.15) is 0 Å². The molecule has 4 heteroatoms. The van der Waals surface area contributed by atoms with Gasteiger partial charge in [0.15, 0.2) is 0 Å². The van der Waals surface area contributed by atoms with Crippen LogP contribution < -0.4 is 5.32 Å². The highest BCUT2D eigenvalue weighted by molar-refractivity contribution is 6.31. The third kappa shape index (κ3) is 4.52. The summed E-state index contributed by atoms with van der Waals surface area (Å²) in [7, 11) is 0. The Bertz CT molecular complexity index is 355. The molecular weight excluding hydrogens is 236 g/mol. The average molecular weight is 257 g/mol. The van der Waals surface area contributed by atoms with Crippen LogP contribution in [0.15, 0.2) is 12.1 Å². The number of hydrogen-bond acceptors (Lipinski definition) is 3. The lowest BCUT2D eigenvalue weighted by atomic mass is 10.1. The Labute approximate surface area is 109 Å². The van der Waals surface area contributed by atoms with Gasteiger partial charge in [0.2, 0.25) is 0 Å². The van der Waals surface area contributed by atoms with Crippen LogP contribution in [-0.4, -0.2) is 17.6 Å². The molecule has 96 valence electrons. The van der Waals surface area contributed by atoms with Crippen LogP contribution in [0, 0.1) is 5.92 Å². The number of pyridine rings is 1. The summed E-state index contributed by atoms with van der Waals surface area (Å²) in [6.07, 6.45) is 0.204. The van der Waals surface area contributed by atoms with Gasteiger partial charge in [0.25, 0.3) is 0 Å². The van der Waals surface area contributed by atoms with Crippen molar-refractivity contribution in [1.82, 2.24) is 4.98 Å². The van der Waals surface area contributed by atoms with Crippen LogP contribution in [0.2, 0.25) is 5.02 Å². The van der Waals surface area contributed by atoms with Gasteiger partial charge >= 0.3 is 0 Å². The summed E-state index contributed by atoms with van der Waals surface area (Å²) in [5.41, 5.74) is 0.789. The van der Waals surface area contributed by atoms with Gasteiger partial charge < -0.3 is 10.1 Å². The predicted molar refractivity (Wildman–Crippen MR) is 72.5 cm³/mol. The van der Waals surface area contributed by atoms with Gasteiger partial charge in [-0.05, 0) is 31.9 Å². The summed E-state index contributed by atoms with van der Waals surface area (Å²) >= 11 is 6.09. The van der Waals surface area contributed by atoms with E-state index >= 15 is 0 Å². The number of hydrogen-bond donors (Lipinski definition) is 1. The van der Waals surface area contributed by atoms with E-state index in [0.29, 0.717) is 17.5 Å². The van der Waals surface area contributed by atoms with Crippen molar-refractivity contribution in [2.24, 2.45) is 5.92 Å². The first-order chi connectivity index (χ1) is 8.04. The van der Waals surface area contributed by atoms with Gasteiger partial charge in [0.1, 0.15) is 5.82 Å². The Morgan fingerprint density at radius 1 is 1.35 bits per heavy atom. The summed E-state index contributed by atoms with van der Waals surface area (Å²) in [6, 6.07) is 3.73. The molecule has 0 saturated heterocycles. The Kier molecular flexibility index (Phi) is 5.72. The lowest BCUT2D eigenvalue weighted by molar-refractivity contribution is 0.0219. The first-order valence-electron chi connectivity index (χ1n) is 6.05. The minimum absolute atomic E-state index is 0.204. The number of rotatable bonds is 6. The fraction of sp³-hybridized carbons (Fsp3) is 0.615. The molecule has 0 aromatic carbocycles. The second-order valence-electron chi connectivity index (χ2n) is 4.42. The summed E-state index contributed by atoms with van der Waals surface area (Å²) in [5, 5.41) is 3.82. The molecule has 17 heavy (non-hydrogen) atoms. The summed E-state index contributed by atoms with van der Waals surface area (Å²) in [5.74, 6) is 1.33. The number of anilines is 1. The molecular formula is C13H21ClN2O. The van der Waals surface area contributed by atoms with E-state index in [0.717, 1.165) is 18.1 Å². The highest BCUT2D eigenvalue weighted by Gasteiger charge is 2.10. The van der Waals surface area contributed by atoms with Gasteiger partial charge in [-0.1, -0.05) is 25.4 Å². The van der Waals surface area contributed by atoms with Crippen molar-refractivity contribution in [3.8, 4) is 0 Å². The highest BCUT2D eigenvalue weighted by Crippen LogP contribution is 2.19. The minimum atomic E-state index is 0.204. The molecule has 0 aliphatic carbocycles. The smallest absolute Gasteiger partial charge is 0.126 e. The number of aromatic nitrogens is 1. The van der Waals surface area contributed by atoms with E-state index in [-0.39, 0.29) is 6.10 Å². The zero-order valence-corrected chi connectivity index (χ0v) is 11.7. The minimum Gasteiger partial charge on any atom is -0.372 e.